The van der Waals surface area contributed by atoms with E-state index in [9.17, 15) is 4.79 Å². The van der Waals surface area contributed by atoms with Crippen molar-refractivity contribution in [3.63, 3.8) is 0 Å². The molecular weight excluding hydrogens is 262 g/mol. The van der Waals surface area contributed by atoms with Crippen molar-refractivity contribution < 1.29 is 4.79 Å². The summed E-state index contributed by atoms with van der Waals surface area (Å²) < 4.78 is 0. The van der Waals surface area contributed by atoms with Crippen molar-refractivity contribution in [1.29, 1.82) is 0 Å². The van der Waals surface area contributed by atoms with Gasteiger partial charge in [0, 0.05) is 16.9 Å². The van der Waals surface area contributed by atoms with E-state index in [2.05, 4.69) is 5.32 Å². The standard InChI is InChI=1S/C17H23N3O/c18-13-1-2-15(14(6-13)16(19)21)20-17-7-10-3-11(8-17)5-12(4-10)9-17/h1-2,6,10-12,20H,3-5,7-9,18H2,(H2,19,21). The summed E-state index contributed by atoms with van der Waals surface area (Å²) in [6.45, 7) is 0. The Morgan fingerprint density at radius 2 is 1.67 bits per heavy atom. The van der Waals surface area contributed by atoms with Crippen LogP contribution in [-0.2, 0) is 0 Å². The van der Waals surface area contributed by atoms with Crippen LogP contribution in [0.5, 0.6) is 0 Å². The predicted molar refractivity (Wildman–Crippen MR) is 83.9 cm³/mol. The summed E-state index contributed by atoms with van der Waals surface area (Å²) in [7, 11) is 0. The van der Waals surface area contributed by atoms with E-state index in [0.717, 1.165) is 23.4 Å². The SMILES string of the molecule is NC(=O)c1cc(N)ccc1NC12CC3CC(CC(C3)C1)C2. The summed E-state index contributed by atoms with van der Waals surface area (Å²) in [6.07, 6.45) is 7.94. The molecule has 0 atom stereocenters. The Morgan fingerprint density at radius 3 is 2.19 bits per heavy atom. The van der Waals surface area contributed by atoms with Crippen LogP contribution in [0.3, 0.4) is 0 Å². The lowest BCUT2D eigenvalue weighted by atomic mass is 9.53. The summed E-state index contributed by atoms with van der Waals surface area (Å²) in [5.41, 5.74) is 13.4. The third-order valence-electron chi connectivity index (χ3n) is 5.75. The van der Waals surface area contributed by atoms with Crippen molar-refractivity contribution in [3.8, 4) is 0 Å². The number of nitrogens with one attached hydrogen (secondary N) is 1. The van der Waals surface area contributed by atoms with Crippen molar-refractivity contribution in [2.45, 2.75) is 44.1 Å². The molecule has 4 nitrogen and oxygen atoms in total. The lowest BCUT2D eigenvalue weighted by Gasteiger charge is -2.57. The lowest BCUT2D eigenvalue weighted by Crippen LogP contribution is -2.55. The maximum atomic E-state index is 11.7. The monoisotopic (exact) mass is 285 g/mol. The number of hydrogen-bond donors (Lipinski definition) is 3. The van der Waals surface area contributed by atoms with Crippen LogP contribution in [-0.4, -0.2) is 11.4 Å². The fraction of sp³-hybridized carbons (Fsp3) is 0.588. The Morgan fingerprint density at radius 1 is 1.10 bits per heavy atom. The van der Waals surface area contributed by atoms with Crippen LogP contribution in [0, 0.1) is 17.8 Å². The van der Waals surface area contributed by atoms with Crippen LogP contribution < -0.4 is 16.8 Å². The molecule has 5 rings (SSSR count). The number of nitrogens with two attached hydrogens (primary N) is 2. The van der Waals surface area contributed by atoms with Gasteiger partial charge in [-0.2, -0.15) is 0 Å². The zero-order chi connectivity index (χ0) is 14.6. The molecule has 112 valence electrons. The third kappa shape index (κ3) is 2.17. The molecule has 1 aromatic carbocycles. The second kappa shape index (κ2) is 4.39. The van der Waals surface area contributed by atoms with Crippen LogP contribution in [0.25, 0.3) is 0 Å². The highest BCUT2D eigenvalue weighted by molar-refractivity contribution is 5.99. The molecule has 0 spiro atoms. The van der Waals surface area contributed by atoms with Crippen molar-refractivity contribution in [1.82, 2.24) is 0 Å². The van der Waals surface area contributed by atoms with Gasteiger partial charge in [-0.05, 0) is 74.5 Å². The minimum atomic E-state index is -0.408. The minimum absolute atomic E-state index is 0.176. The number of primary amides is 1. The molecule has 21 heavy (non-hydrogen) atoms. The Kier molecular flexibility index (Phi) is 2.72. The molecule has 4 heteroatoms. The normalized spacial score (nSPS) is 36.7. The molecule has 1 aromatic rings. The Bertz CT molecular complexity index is 560. The average molecular weight is 285 g/mol. The van der Waals surface area contributed by atoms with E-state index >= 15 is 0 Å². The Labute approximate surface area is 125 Å². The van der Waals surface area contributed by atoms with Gasteiger partial charge in [0.25, 0.3) is 5.91 Å². The maximum Gasteiger partial charge on any atom is 0.250 e. The Balaban J connectivity index is 1.66. The average Bonchev–Trinajstić information content (AvgIpc) is 2.38. The first-order chi connectivity index (χ1) is 10.0. The molecule has 0 aromatic heterocycles. The van der Waals surface area contributed by atoms with Gasteiger partial charge in [0.2, 0.25) is 0 Å². The maximum absolute atomic E-state index is 11.7. The topological polar surface area (TPSA) is 81.1 Å². The van der Waals surface area contributed by atoms with Crippen molar-refractivity contribution in [3.05, 3.63) is 23.8 Å². The van der Waals surface area contributed by atoms with Gasteiger partial charge in [0.05, 0.1) is 5.56 Å². The summed E-state index contributed by atoms with van der Waals surface area (Å²) in [5.74, 6) is 2.20. The largest absolute Gasteiger partial charge is 0.399 e. The van der Waals surface area contributed by atoms with Crippen LogP contribution in [0.4, 0.5) is 11.4 Å². The smallest absolute Gasteiger partial charge is 0.250 e. The van der Waals surface area contributed by atoms with Crippen LogP contribution in [0.1, 0.15) is 48.9 Å². The fourth-order valence-electron chi connectivity index (χ4n) is 5.42. The number of hydrogen-bond acceptors (Lipinski definition) is 3. The van der Waals surface area contributed by atoms with E-state index in [0.29, 0.717) is 11.3 Å². The molecule has 0 unspecified atom stereocenters. The van der Waals surface area contributed by atoms with Gasteiger partial charge in [-0.1, -0.05) is 0 Å². The molecule has 4 bridgehead atoms. The number of carbonyl (C=O) groups excluding carboxylic acids is 1. The van der Waals surface area contributed by atoms with E-state index in [1.807, 2.05) is 12.1 Å². The van der Waals surface area contributed by atoms with Gasteiger partial charge in [-0.3, -0.25) is 4.79 Å². The van der Waals surface area contributed by atoms with E-state index in [1.165, 1.54) is 38.5 Å². The van der Waals surface area contributed by atoms with Crippen LogP contribution >= 0.6 is 0 Å². The first-order valence-corrected chi connectivity index (χ1v) is 8.00. The fourth-order valence-corrected chi connectivity index (χ4v) is 5.42. The summed E-state index contributed by atoms with van der Waals surface area (Å²) in [5, 5.41) is 3.71. The van der Waals surface area contributed by atoms with Crippen molar-refractivity contribution in [2.75, 3.05) is 11.1 Å². The quantitative estimate of drug-likeness (QED) is 0.747. The van der Waals surface area contributed by atoms with E-state index < -0.39 is 5.91 Å². The minimum Gasteiger partial charge on any atom is -0.399 e. The van der Waals surface area contributed by atoms with Gasteiger partial charge in [0.15, 0.2) is 0 Å². The first kappa shape index (κ1) is 13.0. The number of nitrogen functional groups attached to an aromatic ring is 1. The first-order valence-electron chi connectivity index (χ1n) is 8.00. The predicted octanol–water partition coefficient (Wildman–Crippen LogP) is 2.75. The summed E-state index contributed by atoms with van der Waals surface area (Å²) in [6, 6.07) is 5.44. The second-order valence-corrected chi connectivity index (χ2v) is 7.49. The van der Waals surface area contributed by atoms with E-state index in [-0.39, 0.29) is 5.54 Å². The number of rotatable bonds is 3. The molecule has 4 aliphatic carbocycles. The molecule has 0 heterocycles. The summed E-state index contributed by atoms with van der Waals surface area (Å²) >= 11 is 0. The zero-order valence-corrected chi connectivity index (χ0v) is 12.3. The highest BCUT2D eigenvalue weighted by Crippen LogP contribution is 2.56. The second-order valence-electron chi connectivity index (χ2n) is 7.49. The number of anilines is 2. The van der Waals surface area contributed by atoms with Gasteiger partial charge >= 0.3 is 0 Å². The van der Waals surface area contributed by atoms with Crippen LogP contribution in [0.15, 0.2) is 18.2 Å². The highest BCUT2D eigenvalue weighted by atomic mass is 16.1. The highest BCUT2D eigenvalue weighted by Gasteiger charge is 2.51. The molecule has 0 radical (unpaired) electrons. The van der Waals surface area contributed by atoms with Gasteiger partial charge in [-0.25, -0.2) is 0 Å². The molecule has 5 N–H and O–H groups in total. The van der Waals surface area contributed by atoms with Gasteiger partial charge < -0.3 is 16.8 Å². The molecule has 4 saturated carbocycles. The van der Waals surface area contributed by atoms with E-state index in [1.54, 1.807) is 6.07 Å². The number of benzene rings is 1. The van der Waals surface area contributed by atoms with Gasteiger partial charge in [0.1, 0.15) is 0 Å². The molecule has 1 amide bonds. The summed E-state index contributed by atoms with van der Waals surface area (Å²) in [4.78, 5) is 11.7. The van der Waals surface area contributed by atoms with Gasteiger partial charge in [-0.15, -0.1) is 0 Å². The molecule has 4 aliphatic rings. The molecule has 0 saturated heterocycles. The number of carbonyl (C=O) groups is 1. The van der Waals surface area contributed by atoms with Crippen molar-refractivity contribution in [2.24, 2.45) is 23.5 Å². The molecular formula is C17H23N3O. The third-order valence-corrected chi connectivity index (χ3v) is 5.75. The molecule has 4 fully saturated rings. The van der Waals surface area contributed by atoms with E-state index in [4.69, 9.17) is 11.5 Å². The zero-order valence-electron chi connectivity index (χ0n) is 12.3. The lowest BCUT2D eigenvalue weighted by molar-refractivity contribution is 0.0107. The van der Waals surface area contributed by atoms with Crippen LogP contribution in [0.2, 0.25) is 0 Å². The number of amides is 1. The Hall–Kier alpha value is -1.71. The molecule has 0 aliphatic heterocycles. The van der Waals surface area contributed by atoms with Crippen molar-refractivity contribution >= 4 is 17.3 Å².